The summed E-state index contributed by atoms with van der Waals surface area (Å²) >= 11 is 0. The average molecular weight is 948 g/mol. The van der Waals surface area contributed by atoms with E-state index in [-0.39, 0.29) is 29.6 Å². The zero-order valence-corrected chi connectivity index (χ0v) is 45.1. The molecule has 0 aromatic rings. The molecule has 0 aliphatic carbocycles. The Bertz CT molecular complexity index is 1200. The van der Waals surface area contributed by atoms with Crippen molar-refractivity contribution in [2.75, 3.05) is 13.6 Å². The second-order valence-electron chi connectivity index (χ2n) is 21.0. The van der Waals surface area contributed by atoms with Crippen LogP contribution in [0.25, 0.3) is 0 Å². The second kappa shape index (κ2) is 44.5. The molecular weight excluding hydrogens is 837 g/mol. The van der Waals surface area contributed by atoms with Crippen molar-refractivity contribution >= 4 is 29.5 Å². The fourth-order valence-electron chi connectivity index (χ4n) is 9.16. The molecule has 11 nitrogen and oxygen atoms in total. The van der Waals surface area contributed by atoms with Gasteiger partial charge in [-0.05, 0) is 70.3 Å². The summed E-state index contributed by atoms with van der Waals surface area (Å²) in [5.74, 6) is -1.66. The van der Waals surface area contributed by atoms with Gasteiger partial charge in [-0.15, -0.1) is 0 Å². The summed E-state index contributed by atoms with van der Waals surface area (Å²) in [6.07, 6.45) is 40.4. The highest BCUT2D eigenvalue weighted by Crippen LogP contribution is 2.22. The van der Waals surface area contributed by atoms with Crippen LogP contribution in [0.1, 0.15) is 273 Å². The lowest BCUT2D eigenvalue weighted by molar-refractivity contribution is -0.135. The maximum atomic E-state index is 14.2. The van der Waals surface area contributed by atoms with Crippen molar-refractivity contribution in [3.63, 3.8) is 0 Å². The molecule has 0 aromatic carbocycles. The molecule has 4 atom stereocenters. The van der Waals surface area contributed by atoms with E-state index >= 15 is 0 Å². The number of nitrogens with one attached hydrogen (secondary N) is 5. The average Bonchev–Trinajstić information content (AvgIpc) is 3.29. The monoisotopic (exact) mass is 947 g/mol. The van der Waals surface area contributed by atoms with E-state index in [1.165, 1.54) is 161 Å². The lowest BCUT2D eigenvalue weighted by atomic mass is 9.92. The maximum absolute atomic E-state index is 14.2. The number of carbonyl (C=O) groups excluding carboxylic acids is 5. The number of carbonyl (C=O) groups is 5. The second-order valence-corrected chi connectivity index (χ2v) is 21.0. The molecule has 394 valence electrons. The third kappa shape index (κ3) is 36.9. The van der Waals surface area contributed by atoms with E-state index in [4.69, 9.17) is 5.73 Å². The van der Waals surface area contributed by atoms with E-state index in [0.29, 0.717) is 32.2 Å². The van der Waals surface area contributed by atoms with E-state index in [2.05, 4.69) is 40.4 Å². The van der Waals surface area contributed by atoms with Crippen molar-refractivity contribution in [3.05, 3.63) is 0 Å². The minimum absolute atomic E-state index is 0.0636. The van der Waals surface area contributed by atoms with Gasteiger partial charge in [0, 0.05) is 13.0 Å². The normalized spacial score (nSPS) is 13.4. The fourth-order valence-corrected chi connectivity index (χ4v) is 9.16. The number of hydrogen-bond acceptors (Lipinski definition) is 6. The number of rotatable bonds is 47. The zero-order valence-electron chi connectivity index (χ0n) is 45.1. The van der Waals surface area contributed by atoms with E-state index < -0.39 is 41.9 Å². The first-order valence-corrected chi connectivity index (χ1v) is 28.4. The lowest BCUT2D eigenvalue weighted by Crippen LogP contribution is -2.58. The molecule has 0 heterocycles. The third-order valence-electron chi connectivity index (χ3n) is 13.4. The Kier molecular flexibility index (Phi) is 42.7. The van der Waals surface area contributed by atoms with Crippen molar-refractivity contribution < 1.29 is 24.0 Å². The summed E-state index contributed by atoms with van der Waals surface area (Å²) in [5.41, 5.74) is 5.86. The summed E-state index contributed by atoms with van der Waals surface area (Å²) in [4.78, 5) is 67.7. The van der Waals surface area contributed by atoms with Gasteiger partial charge in [0.05, 0.1) is 0 Å². The van der Waals surface area contributed by atoms with Crippen LogP contribution >= 0.6 is 0 Å². The molecule has 0 aromatic heterocycles. The van der Waals surface area contributed by atoms with Crippen LogP contribution in [-0.2, 0) is 24.0 Å². The highest BCUT2D eigenvalue weighted by Gasteiger charge is 2.31. The summed E-state index contributed by atoms with van der Waals surface area (Å²) in [6, 6.07) is -3.39. The van der Waals surface area contributed by atoms with Crippen LogP contribution in [0.5, 0.6) is 0 Å². The van der Waals surface area contributed by atoms with Gasteiger partial charge in [0.2, 0.25) is 29.5 Å². The van der Waals surface area contributed by atoms with E-state index in [1.54, 1.807) is 6.92 Å². The molecule has 0 aliphatic heterocycles. The molecule has 0 saturated heterocycles. The van der Waals surface area contributed by atoms with Crippen molar-refractivity contribution in [2.45, 2.75) is 297 Å². The van der Waals surface area contributed by atoms with Gasteiger partial charge < -0.3 is 32.3 Å². The Morgan fingerprint density at radius 3 is 1.03 bits per heavy atom. The van der Waals surface area contributed by atoms with Gasteiger partial charge in [-0.1, -0.05) is 221 Å². The highest BCUT2D eigenvalue weighted by molar-refractivity contribution is 5.95. The Balaban J connectivity index is 5.55. The standard InChI is InChI=1S/C56H110N6O5/c1-9-11-13-15-17-19-21-23-25-27-29-31-33-35-39-48(40-36-34-32-30-28-26-24-22-20-18-16-14-12-10-2)53(64)60-49(41-37-38-42-57)55(66)62-51(44-46(5)6)56(67)59-47(7)52(63)61-50(43-45(3)4)54(65)58-8/h45-51H,9-44,57H2,1-8H3,(H,58,65)(H,59,67)(H,60,64)(H,61,63)(H,62,66)/t47-,49-,50-,51-/m0/s1. The first-order valence-electron chi connectivity index (χ1n) is 28.4. The van der Waals surface area contributed by atoms with Crippen molar-refractivity contribution in [1.29, 1.82) is 0 Å². The Morgan fingerprint density at radius 1 is 0.358 bits per heavy atom. The maximum Gasteiger partial charge on any atom is 0.243 e. The molecule has 0 unspecified atom stereocenters. The van der Waals surface area contributed by atoms with Gasteiger partial charge in [0.15, 0.2) is 0 Å². The molecule has 0 bridgehead atoms. The number of likely N-dealkylation sites (N-methyl/N-ethyl adjacent to an activating group) is 1. The number of unbranched alkanes of at least 4 members (excludes halogenated alkanes) is 27. The topological polar surface area (TPSA) is 172 Å². The van der Waals surface area contributed by atoms with Gasteiger partial charge in [-0.25, -0.2) is 0 Å². The van der Waals surface area contributed by atoms with Gasteiger partial charge in [0.25, 0.3) is 0 Å². The van der Waals surface area contributed by atoms with E-state index in [9.17, 15) is 24.0 Å². The predicted octanol–water partition coefficient (Wildman–Crippen LogP) is 12.3. The molecule has 0 spiro atoms. The van der Waals surface area contributed by atoms with Crippen molar-refractivity contribution in [2.24, 2.45) is 23.5 Å². The molecule has 5 amide bonds. The molecule has 0 saturated carbocycles. The smallest absolute Gasteiger partial charge is 0.243 e. The summed E-state index contributed by atoms with van der Waals surface area (Å²) < 4.78 is 0. The largest absolute Gasteiger partial charge is 0.357 e. The van der Waals surface area contributed by atoms with Crippen LogP contribution in [0.2, 0.25) is 0 Å². The summed E-state index contributed by atoms with van der Waals surface area (Å²) in [5, 5.41) is 14.3. The lowest BCUT2D eigenvalue weighted by Gasteiger charge is -2.27. The van der Waals surface area contributed by atoms with Gasteiger partial charge >= 0.3 is 0 Å². The van der Waals surface area contributed by atoms with Crippen LogP contribution < -0.4 is 32.3 Å². The Labute approximate surface area is 413 Å². The van der Waals surface area contributed by atoms with Crippen LogP contribution in [0.4, 0.5) is 0 Å². The number of hydrogen-bond donors (Lipinski definition) is 6. The summed E-state index contributed by atoms with van der Waals surface area (Å²) in [6.45, 7) is 14.5. The SMILES string of the molecule is CCCCCCCCCCCCCCCCC(CCCCCCCCCCCCCCCC)C(=O)N[C@@H](CCCCN)C(=O)N[C@@H](CC(C)C)C(=O)N[C@@H](C)C(=O)N[C@@H](CC(C)C)C(=O)NC. The van der Waals surface area contributed by atoms with Crippen LogP contribution in [0.3, 0.4) is 0 Å². The minimum Gasteiger partial charge on any atom is -0.357 e. The minimum atomic E-state index is -0.941. The zero-order chi connectivity index (χ0) is 49.9. The number of nitrogens with two attached hydrogens (primary N) is 1. The van der Waals surface area contributed by atoms with Crippen molar-refractivity contribution in [3.8, 4) is 0 Å². The molecule has 0 rings (SSSR count). The Morgan fingerprint density at radius 2 is 0.672 bits per heavy atom. The van der Waals surface area contributed by atoms with E-state index in [1.807, 2.05) is 27.7 Å². The van der Waals surface area contributed by atoms with E-state index in [0.717, 1.165) is 44.9 Å². The first-order chi connectivity index (χ1) is 32.3. The molecule has 67 heavy (non-hydrogen) atoms. The van der Waals surface area contributed by atoms with Gasteiger partial charge in [-0.2, -0.15) is 0 Å². The van der Waals surface area contributed by atoms with Crippen LogP contribution in [-0.4, -0.2) is 67.3 Å². The molecule has 0 aliphatic rings. The molecule has 0 fully saturated rings. The van der Waals surface area contributed by atoms with Crippen LogP contribution in [0.15, 0.2) is 0 Å². The number of amides is 5. The molecule has 0 radical (unpaired) electrons. The third-order valence-corrected chi connectivity index (χ3v) is 13.4. The molecular formula is C56H110N6O5. The summed E-state index contributed by atoms with van der Waals surface area (Å²) in [7, 11) is 1.53. The quantitative estimate of drug-likeness (QED) is 0.0332. The first kappa shape index (κ1) is 64.3. The highest BCUT2D eigenvalue weighted by atomic mass is 16.2. The molecule has 11 heteroatoms. The van der Waals surface area contributed by atoms with Gasteiger partial charge in [0.1, 0.15) is 24.2 Å². The van der Waals surface area contributed by atoms with Gasteiger partial charge in [-0.3, -0.25) is 24.0 Å². The Hall–Kier alpha value is -2.69. The van der Waals surface area contributed by atoms with Crippen molar-refractivity contribution in [1.82, 2.24) is 26.6 Å². The molecule has 7 N–H and O–H groups in total. The predicted molar refractivity (Wildman–Crippen MR) is 283 cm³/mol. The van der Waals surface area contributed by atoms with Crippen LogP contribution in [0, 0.1) is 17.8 Å². The fraction of sp³-hybridized carbons (Fsp3) is 0.911.